The summed E-state index contributed by atoms with van der Waals surface area (Å²) < 4.78 is 1.77. The fraction of sp³-hybridized carbons (Fsp3) is 0.714. The van der Waals surface area contributed by atoms with Crippen molar-refractivity contribution in [1.82, 2.24) is 15.1 Å². The van der Waals surface area contributed by atoms with Gasteiger partial charge in [0.2, 0.25) is 0 Å². The van der Waals surface area contributed by atoms with E-state index in [1.807, 2.05) is 13.8 Å². The first-order valence-corrected chi connectivity index (χ1v) is 7.33. The van der Waals surface area contributed by atoms with Gasteiger partial charge in [-0.1, -0.05) is 12.8 Å². The first-order valence-electron chi connectivity index (χ1n) is 7.33. The van der Waals surface area contributed by atoms with E-state index in [-0.39, 0.29) is 30.6 Å². The molecule has 2 amide bonds. The van der Waals surface area contributed by atoms with Crippen LogP contribution in [-0.4, -0.2) is 33.6 Å². The van der Waals surface area contributed by atoms with Crippen LogP contribution in [0.25, 0.3) is 0 Å². The predicted octanol–water partition coefficient (Wildman–Crippen LogP) is 2.14. The predicted molar refractivity (Wildman–Crippen MR) is 77.6 cm³/mol. The minimum Gasteiger partial charge on any atom is -0.396 e. The highest BCUT2D eigenvalue weighted by molar-refractivity contribution is 5.88. The lowest BCUT2D eigenvalue weighted by atomic mass is 9.85. The topological polar surface area (TPSA) is 79.2 Å². The third kappa shape index (κ3) is 3.50. The highest BCUT2D eigenvalue weighted by Crippen LogP contribution is 2.24. The lowest BCUT2D eigenvalue weighted by Crippen LogP contribution is -2.45. The van der Waals surface area contributed by atoms with E-state index in [4.69, 9.17) is 0 Å². The van der Waals surface area contributed by atoms with Crippen LogP contribution in [0.15, 0.2) is 12.3 Å². The molecule has 0 spiro atoms. The van der Waals surface area contributed by atoms with Gasteiger partial charge in [0.25, 0.3) is 0 Å². The molecule has 2 atom stereocenters. The van der Waals surface area contributed by atoms with Crippen molar-refractivity contribution in [3.05, 3.63) is 12.3 Å². The molecule has 0 bridgehead atoms. The third-order valence-corrected chi connectivity index (χ3v) is 3.86. The van der Waals surface area contributed by atoms with Crippen LogP contribution in [0.2, 0.25) is 0 Å². The molecule has 112 valence electrons. The van der Waals surface area contributed by atoms with Gasteiger partial charge in [-0.15, -0.1) is 0 Å². The maximum absolute atomic E-state index is 12.1. The number of carbonyl (C=O) groups is 1. The van der Waals surface area contributed by atoms with E-state index < -0.39 is 0 Å². The van der Waals surface area contributed by atoms with Gasteiger partial charge in [-0.3, -0.25) is 5.32 Å². The Bertz CT molecular complexity index is 444. The molecule has 1 aliphatic carbocycles. The van der Waals surface area contributed by atoms with Gasteiger partial charge in [-0.25, -0.2) is 9.48 Å². The minimum atomic E-state index is -0.224. The van der Waals surface area contributed by atoms with Crippen molar-refractivity contribution in [1.29, 1.82) is 0 Å². The number of nitrogens with one attached hydrogen (secondary N) is 2. The summed E-state index contributed by atoms with van der Waals surface area (Å²) in [6, 6.07) is 1.81. The molecular weight excluding hydrogens is 256 g/mol. The van der Waals surface area contributed by atoms with Crippen LogP contribution in [0, 0.1) is 5.92 Å². The van der Waals surface area contributed by atoms with E-state index in [1.54, 1.807) is 16.9 Å². The monoisotopic (exact) mass is 280 g/mol. The molecule has 1 heterocycles. The lowest BCUT2D eigenvalue weighted by Gasteiger charge is -2.30. The van der Waals surface area contributed by atoms with Gasteiger partial charge >= 0.3 is 6.03 Å². The van der Waals surface area contributed by atoms with Crippen molar-refractivity contribution >= 4 is 11.8 Å². The van der Waals surface area contributed by atoms with Crippen LogP contribution in [0.1, 0.15) is 45.6 Å². The number of nitrogens with zero attached hydrogens (tertiary/aromatic N) is 2. The van der Waals surface area contributed by atoms with Crippen LogP contribution in [0.3, 0.4) is 0 Å². The molecule has 1 saturated carbocycles. The molecule has 1 aliphatic rings. The van der Waals surface area contributed by atoms with Crippen molar-refractivity contribution in [3.8, 4) is 0 Å². The van der Waals surface area contributed by atoms with E-state index in [2.05, 4.69) is 15.7 Å². The number of anilines is 1. The van der Waals surface area contributed by atoms with Crippen LogP contribution in [0.4, 0.5) is 10.6 Å². The van der Waals surface area contributed by atoms with E-state index in [0.717, 1.165) is 25.7 Å². The fourth-order valence-corrected chi connectivity index (χ4v) is 2.76. The fourth-order valence-electron chi connectivity index (χ4n) is 2.76. The number of amides is 2. The molecule has 6 nitrogen and oxygen atoms in total. The number of rotatable bonds is 4. The number of aromatic nitrogens is 2. The Hall–Kier alpha value is -1.56. The molecule has 6 heteroatoms. The third-order valence-electron chi connectivity index (χ3n) is 3.86. The molecular formula is C14H24N4O2. The largest absolute Gasteiger partial charge is 0.396 e. The van der Waals surface area contributed by atoms with Crippen molar-refractivity contribution < 1.29 is 9.90 Å². The summed E-state index contributed by atoms with van der Waals surface area (Å²) in [4.78, 5) is 12.1. The first-order chi connectivity index (χ1) is 9.61. The summed E-state index contributed by atoms with van der Waals surface area (Å²) in [7, 11) is 0. The normalized spacial score (nSPS) is 22.8. The zero-order chi connectivity index (χ0) is 14.5. The Kier molecular flexibility index (Phi) is 5.00. The molecule has 0 radical (unpaired) electrons. The summed E-state index contributed by atoms with van der Waals surface area (Å²) in [6.45, 7) is 4.16. The summed E-state index contributed by atoms with van der Waals surface area (Å²) in [5.74, 6) is 0.860. The average Bonchev–Trinajstić information content (AvgIpc) is 2.87. The van der Waals surface area contributed by atoms with Crippen molar-refractivity contribution in [3.63, 3.8) is 0 Å². The van der Waals surface area contributed by atoms with E-state index in [0.29, 0.717) is 5.82 Å². The Balaban J connectivity index is 1.93. The second kappa shape index (κ2) is 6.74. The number of hydrogen-bond acceptors (Lipinski definition) is 3. The molecule has 1 aromatic rings. The maximum Gasteiger partial charge on any atom is 0.320 e. The second-order valence-electron chi connectivity index (χ2n) is 5.69. The first kappa shape index (κ1) is 14.8. The summed E-state index contributed by atoms with van der Waals surface area (Å²) >= 11 is 0. The number of aliphatic hydroxyl groups is 1. The molecule has 1 aromatic heterocycles. The Morgan fingerprint density at radius 2 is 2.25 bits per heavy atom. The number of hydrogen-bond donors (Lipinski definition) is 3. The van der Waals surface area contributed by atoms with E-state index >= 15 is 0 Å². The Morgan fingerprint density at radius 1 is 1.50 bits per heavy atom. The van der Waals surface area contributed by atoms with Gasteiger partial charge in [-0.05, 0) is 26.7 Å². The van der Waals surface area contributed by atoms with Gasteiger partial charge in [-0.2, -0.15) is 5.10 Å². The molecule has 3 N–H and O–H groups in total. The number of carbonyl (C=O) groups excluding carboxylic acids is 1. The highest BCUT2D eigenvalue weighted by Gasteiger charge is 2.26. The van der Waals surface area contributed by atoms with Gasteiger partial charge in [0.05, 0.1) is 6.20 Å². The van der Waals surface area contributed by atoms with Gasteiger partial charge in [0, 0.05) is 30.7 Å². The van der Waals surface area contributed by atoms with Crippen molar-refractivity contribution in [2.24, 2.45) is 5.92 Å². The Labute approximate surface area is 119 Å². The molecule has 0 aliphatic heterocycles. The Morgan fingerprint density at radius 3 is 2.95 bits per heavy atom. The quantitative estimate of drug-likeness (QED) is 0.790. The van der Waals surface area contributed by atoms with Gasteiger partial charge in [0.15, 0.2) is 0 Å². The van der Waals surface area contributed by atoms with Crippen LogP contribution in [0.5, 0.6) is 0 Å². The molecule has 20 heavy (non-hydrogen) atoms. The molecule has 0 aromatic carbocycles. The van der Waals surface area contributed by atoms with Crippen LogP contribution < -0.4 is 10.6 Å². The van der Waals surface area contributed by atoms with E-state index in [1.165, 1.54) is 0 Å². The standard InChI is InChI=1S/C14H24N4O2/c1-10(2)18-13(7-8-15-18)17-14(20)16-12-6-4-3-5-11(12)9-19/h7-8,10-12,19H,3-6,9H2,1-2H3,(H2,16,17,20). The van der Waals surface area contributed by atoms with Crippen molar-refractivity contribution in [2.75, 3.05) is 11.9 Å². The molecule has 1 fully saturated rings. The molecule has 2 unspecified atom stereocenters. The van der Waals surface area contributed by atoms with Gasteiger partial charge in [0.1, 0.15) is 5.82 Å². The van der Waals surface area contributed by atoms with Gasteiger partial charge < -0.3 is 10.4 Å². The SMILES string of the molecule is CC(C)n1nccc1NC(=O)NC1CCCCC1CO. The second-order valence-corrected chi connectivity index (χ2v) is 5.69. The van der Waals surface area contributed by atoms with Crippen LogP contribution >= 0.6 is 0 Å². The van der Waals surface area contributed by atoms with Crippen molar-refractivity contribution in [2.45, 2.75) is 51.6 Å². The summed E-state index contributed by atoms with van der Waals surface area (Å²) in [5, 5.41) is 19.3. The lowest BCUT2D eigenvalue weighted by molar-refractivity contribution is 0.156. The zero-order valence-electron chi connectivity index (χ0n) is 12.2. The highest BCUT2D eigenvalue weighted by atomic mass is 16.3. The maximum atomic E-state index is 12.1. The number of urea groups is 1. The minimum absolute atomic E-state index is 0.0594. The zero-order valence-corrected chi connectivity index (χ0v) is 12.2. The molecule has 2 rings (SSSR count). The number of aliphatic hydroxyl groups excluding tert-OH is 1. The smallest absolute Gasteiger partial charge is 0.320 e. The summed E-state index contributed by atoms with van der Waals surface area (Å²) in [5.41, 5.74) is 0. The van der Waals surface area contributed by atoms with E-state index in [9.17, 15) is 9.90 Å². The summed E-state index contributed by atoms with van der Waals surface area (Å²) in [6.07, 6.45) is 5.82. The van der Waals surface area contributed by atoms with Crippen LogP contribution in [-0.2, 0) is 0 Å². The average molecular weight is 280 g/mol. The molecule has 0 saturated heterocycles.